The van der Waals surface area contributed by atoms with E-state index >= 15 is 0 Å². The van der Waals surface area contributed by atoms with E-state index in [0.717, 1.165) is 64.2 Å². The second-order valence-electron chi connectivity index (χ2n) is 24.3. The fourth-order valence-electron chi connectivity index (χ4n) is 11.1. The fraction of sp³-hybridized carbons (Fsp3) is 0.822. The first-order valence-corrected chi connectivity index (χ1v) is 35.2. The van der Waals surface area contributed by atoms with Crippen LogP contribution in [0.4, 0.5) is 0 Å². The first kappa shape index (κ1) is 77.6. The lowest BCUT2D eigenvalue weighted by Crippen LogP contribution is -2.60. The Labute approximate surface area is 506 Å². The molecule has 0 aromatic heterocycles. The number of hydrogen-bond acceptors (Lipinski definition) is 8. The highest BCUT2D eigenvalue weighted by molar-refractivity contribution is 5.76. The molecule has 0 aromatic rings. The van der Waals surface area contributed by atoms with E-state index in [2.05, 4.69) is 79.9 Å². The summed E-state index contributed by atoms with van der Waals surface area (Å²) in [6.45, 7) is 3.69. The minimum absolute atomic E-state index is 0.181. The van der Waals surface area contributed by atoms with Crippen LogP contribution in [0.2, 0.25) is 0 Å². The van der Waals surface area contributed by atoms with Crippen LogP contribution in [0.3, 0.4) is 0 Å². The van der Waals surface area contributed by atoms with Crippen LogP contribution in [0.25, 0.3) is 0 Å². The molecule has 82 heavy (non-hydrogen) atoms. The van der Waals surface area contributed by atoms with Gasteiger partial charge in [-0.2, -0.15) is 0 Å². The summed E-state index contributed by atoms with van der Waals surface area (Å²) in [5.41, 5.74) is 0. The second kappa shape index (κ2) is 61.7. The molecule has 9 nitrogen and oxygen atoms in total. The highest BCUT2D eigenvalue weighted by Crippen LogP contribution is 2.23. The third-order valence-electron chi connectivity index (χ3n) is 16.5. The van der Waals surface area contributed by atoms with Crippen LogP contribution in [0, 0.1) is 0 Å². The van der Waals surface area contributed by atoms with E-state index in [1.807, 2.05) is 6.08 Å². The summed E-state index contributed by atoms with van der Waals surface area (Å²) >= 11 is 0. The Bertz CT molecular complexity index is 1520. The van der Waals surface area contributed by atoms with Crippen molar-refractivity contribution in [3.05, 3.63) is 72.9 Å². The van der Waals surface area contributed by atoms with Crippen LogP contribution in [0.15, 0.2) is 72.9 Å². The number of nitrogens with one attached hydrogen (secondary N) is 1. The Morgan fingerprint density at radius 1 is 0.427 bits per heavy atom. The Kier molecular flexibility index (Phi) is 58.4. The van der Waals surface area contributed by atoms with Crippen molar-refractivity contribution in [3.63, 3.8) is 0 Å². The van der Waals surface area contributed by atoms with Gasteiger partial charge in [0, 0.05) is 6.42 Å². The molecule has 1 aliphatic heterocycles. The summed E-state index contributed by atoms with van der Waals surface area (Å²) in [5.74, 6) is -0.181. The van der Waals surface area contributed by atoms with Crippen molar-refractivity contribution in [3.8, 4) is 0 Å². The summed E-state index contributed by atoms with van der Waals surface area (Å²) in [4.78, 5) is 13.1. The lowest BCUT2D eigenvalue weighted by Gasteiger charge is -2.40. The van der Waals surface area contributed by atoms with Crippen LogP contribution in [0.5, 0.6) is 0 Å². The lowest BCUT2D eigenvalue weighted by atomic mass is 9.99. The molecule has 0 radical (unpaired) electrons. The minimum atomic E-state index is -1.57. The van der Waals surface area contributed by atoms with Crippen molar-refractivity contribution in [1.29, 1.82) is 0 Å². The number of aliphatic hydroxyl groups excluding tert-OH is 5. The molecule has 0 bridgehead atoms. The van der Waals surface area contributed by atoms with E-state index in [0.29, 0.717) is 6.42 Å². The standard InChI is InChI=1S/C73H133NO8/c1-3-5-7-9-11-13-15-17-19-21-23-25-26-27-28-29-30-31-32-33-34-35-36-37-38-39-40-41-42-43-45-47-49-51-53-55-57-59-61-63-69(77)74-66(65-81-73-72(80)71(79)70(78)68(64-75)82-73)67(76)62-60-58-56-54-52-50-48-46-44-24-22-20-18-16-14-12-10-8-6-4-2/h5,7,11,13,17,19,23,25,52,54,60,62,66-68,70-73,75-76,78-80H,3-4,6,8-10,12,14-16,18,20-22,24,26-51,53,55-59,61,63-65H2,1-2H3,(H,74,77)/b7-5-,13-11-,19-17-,25-23-,54-52+,62-60+. The van der Waals surface area contributed by atoms with Gasteiger partial charge in [-0.3, -0.25) is 4.79 Å². The van der Waals surface area contributed by atoms with Gasteiger partial charge in [-0.1, -0.05) is 324 Å². The maximum absolute atomic E-state index is 13.1. The summed E-state index contributed by atoms with van der Waals surface area (Å²) in [6.07, 6.45) is 80.2. The molecule has 7 atom stereocenters. The third-order valence-corrected chi connectivity index (χ3v) is 16.5. The molecular formula is C73H133NO8. The zero-order valence-corrected chi connectivity index (χ0v) is 53.5. The van der Waals surface area contributed by atoms with Gasteiger partial charge in [-0.25, -0.2) is 0 Å². The molecule has 1 fully saturated rings. The van der Waals surface area contributed by atoms with E-state index in [4.69, 9.17) is 9.47 Å². The van der Waals surface area contributed by atoms with Crippen LogP contribution in [0.1, 0.15) is 328 Å². The molecule has 1 amide bonds. The summed E-state index contributed by atoms with van der Waals surface area (Å²) in [6, 6.07) is -0.823. The van der Waals surface area contributed by atoms with E-state index < -0.39 is 49.5 Å². The maximum atomic E-state index is 13.1. The molecule has 1 aliphatic rings. The lowest BCUT2D eigenvalue weighted by molar-refractivity contribution is -0.302. The van der Waals surface area contributed by atoms with E-state index in [1.54, 1.807) is 6.08 Å². The van der Waals surface area contributed by atoms with Crippen LogP contribution < -0.4 is 5.32 Å². The van der Waals surface area contributed by atoms with Crippen LogP contribution in [-0.2, 0) is 14.3 Å². The summed E-state index contributed by atoms with van der Waals surface area (Å²) in [5, 5.41) is 54.7. The molecule has 1 heterocycles. The van der Waals surface area contributed by atoms with Gasteiger partial charge in [0.2, 0.25) is 5.91 Å². The van der Waals surface area contributed by atoms with Gasteiger partial charge < -0.3 is 40.3 Å². The van der Waals surface area contributed by atoms with Crippen LogP contribution >= 0.6 is 0 Å². The molecule has 0 aliphatic carbocycles. The number of hydrogen-bond donors (Lipinski definition) is 6. The minimum Gasteiger partial charge on any atom is -0.394 e. The Morgan fingerprint density at radius 2 is 0.768 bits per heavy atom. The SMILES string of the molecule is CC/C=C\C/C=C\C/C=C\C/C=C\CCCCCCCCCCCCCCCCCCCCCCCCCCCCC(=O)NC(COC1OC(CO)C(O)C(O)C1O)C(O)/C=C/CC/C=C/CCCCCCCCCCCCCCCC. The highest BCUT2D eigenvalue weighted by Gasteiger charge is 2.44. The van der Waals surface area contributed by atoms with E-state index in [9.17, 15) is 30.3 Å². The number of carbonyl (C=O) groups excluding carboxylic acids is 1. The molecule has 478 valence electrons. The van der Waals surface area contributed by atoms with Crippen molar-refractivity contribution in [2.45, 2.75) is 371 Å². The zero-order valence-electron chi connectivity index (χ0n) is 53.5. The van der Waals surface area contributed by atoms with Crippen molar-refractivity contribution >= 4 is 5.91 Å². The highest BCUT2D eigenvalue weighted by atomic mass is 16.7. The summed E-state index contributed by atoms with van der Waals surface area (Å²) < 4.78 is 11.3. The molecule has 6 N–H and O–H groups in total. The van der Waals surface area contributed by atoms with Gasteiger partial charge in [0.05, 0.1) is 25.4 Å². The Hall–Kier alpha value is -2.37. The normalized spacial score (nSPS) is 18.7. The summed E-state index contributed by atoms with van der Waals surface area (Å²) in [7, 11) is 0. The number of aliphatic hydroxyl groups is 5. The first-order chi connectivity index (χ1) is 40.3. The molecule has 1 rings (SSSR count). The predicted octanol–water partition coefficient (Wildman–Crippen LogP) is 19.1. The molecule has 1 saturated heterocycles. The quantitative estimate of drug-likeness (QED) is 0.0261. The first-order valence-electron chi connectivity index (χ1n) is 35.2. The molecule has 0 spiro atoms. The average molecular weight is 1150 g/mol. The van der Waals surface area contributed by atoms with Gasteiger partial charge in [0.25, 0.3) is 0 Å². The van der Waals surface area contributed by atoms with Crippen molar-refractivity contribution in [2.75, 3.05) is 13.2 Å². The fourth-order valence-corrected chi connectivity index (χ4v) is 11.1. The number of unbranched alkanes of at least 4 members (excludes halogenated alkanes) is 41. The Morgan fingerprint density at radius 3 is 1.17 bits per heavy atom. The van der Waals surface area contributed by atoms with Crippen molar-refractivity contribution in [1.82, 2.24) is 5.32 Å². The monoisotopic (exact) mass is 1150 g/mol. The number of allylic oxidation sites excluding steroid dienone is 11. The van der Waals surface area contributed by atoms with Gasteiger partial charge in [0.15, 0.2) is 6.29 Å². The predicted molar refractivity (Wildman–Crippen MR) is 350 cm³/mol. The van der Waals surface area contributed by atoms with Crippen molar-refractivity contribution < 1.29 is 39.8 Å². The maximum Gasteiger partial charge on any atom is 0.220 e. The van der Waals surface area contributed by atoms with Crippen LogP contribution in [-0.4, -0.2) is 87.5 Å². The topological polar surface area (TPSA) is 149 Å². The largest absolute Gasteiger partial charge is 0.394 e. The molecule has 7 unspecified atom stereocenters. The number of rotatable bonds is 61. The zero-order chi connectivity index (χ0) is 59.3. The van der Waals surface area contributed by atoms with E-state index in [-0.39, 0.29) is 12.5 Å². The molecule has 9 heteroatoms. The molecule has 0 aromatic carbocycles. The second-order valence-corrected chi connectivity index (χ2v) is 24.3. The third kappa shape index (κ3) is 49.8. The average Bonchev–Trinajstić information content (AvgIpc) is 3.52. The van der Waals surface area contributed by atoms with Gasteiger partial charge >= 0.3 is 0 Å². The number of ether oxygens (including phenoxy) is 2. The number of carbonyl (C=O) groups is 1. The molecular weight excluding hydrogens is 1020 g/mol. The molecule has 0 saturated carbocycles. The van der Waals surface area contributed by atoms with Gasteiger partial charge in [-0.15, -0.1) is 0 Å². The van der Waals surface area contributed by atoms with Crippen molar-refractivity contribution in [2.24, 2.45) is 0 Å². The van der Waals surface area contributed by atoms with E-state index in [1.165, 1.54) is 244 Å². The number of amides is 1. The van der Waals surface area contributed by atoms with Gasteiger partial charge in [0.1, 0.15) is 24.4 Å². The van der Waals surface area contributed by atoms with Gasteiger partial charge in [-0.05, 0) is 70.6 Å². The smallest absolute Gasteiger partial charge is 0.220 e. The Balaban J connectivity index is 2.07.